The Bertz CT molecular complexity index is 1560. The zero-order valence-electron chi connectivity index (χ0n) is 19.4. The van der Waals surface area contributed by atoms with Crippen LogP contribution in [0.1, 0.15) is 66.3 Å². The lowest BCUT2D eigenvalue weighted by Crippen LogP contribution is -2.25. The smallest absolute Gasteiger partial charge is 0.265 e. The van der Waals surface area contributed by atoms with E-state index < -0.39 is 11.6 Å². The molecule has 0 radical (unpaired) electrons. The van der Waals surface area contributed by atoms with Gasteiger partial charge in [-0.25, -0.2) is 23.1 Å². The molecule has 3 aliphatic rings. The molecule has 2 atom stereocenters. The molecule has 184 valence electrons. The maximum atomic E-state index is 14.9. The summed E-state index contributed by atoms with van der Waals surface area (Å²) in [5.41, 5.74) is 2.81. The van der Waals surface area contributed by atoms with Crippen LogP contribution < -0.4 is 5.56 Å². The van der Waals surface area contributed by atoms with E-state index in [9.17, 15) is 13.6 Å². The van der Waals surface area contributed by atoms with Crippen LogP contribution in [0, 0.1) is 11.6 Å². The van der Waals surface area contributed by atoms with Crippen LogP contribution in [0.2, 0.25) is 0 Å². The number of nitrogens with zero attached hydrogens (tertiary/aromatic N) is 5. The summed E-state index contributed by atoms with van der Waals surface area (Å²) in [5, 5.41) is 4.49. The number of hydrogen-bond donors (Lipinski definition) is 0. The summed E-state index contributed by atoms with van der Waals surface area (Å²) >= 11 is 0. The third-order valence-corrected chi connectivity index (χ3v) is 7.29. The van der Waals surface area contributed by atoms with Crippen LogP contribution in [0.3, 0.4) is 0 Å². The number of aromatic nitrogens is 5. The van der Waals surface area contributed by atoms with Gasteiger partial charge in [0.1, 0.15) is 17.3 Å². The number of rotatable bonds is 4. The molecule has 0 spiro atoms. The summed E-state index contributed by atoms with van der Waals surface area (Å²) in [7, 11) is 0. The molecule has 2 unspecified atom stereocenters. The quantitative estimate of drug-likeness (QED) is 0.425. The zero-order chi connectivity index (χ0) is 24.4. The van der Waals surface area contributed by atoms with E-state index in [0.717, 1.165) is 37.0 Å². The van der Waals surface area contributed by atoms with Gasteiger partial charge in [0.05, 0.1) is 48.4 Å². The molecule has 10 heteroatoms. The summed E-state index contributed by atoms with van der Waals surface area (Å²) in [6.07, 6.45) is 7.48. The SMILES string of the molecule is O=c1c2c(nc3cc(C4CCOC(c5cnn(C6CC6)c5)C4)nc(-c4ccc(F)cc4F)n13)COC2. The van der Waals surface area contributed by atoms with Crippen molar-refractivity contribution in [3.8, 4) is 11.4 Å². The van der Waals surface area contributed by atoms with Crippen LogP contribution in [-0.2, 0) is 22.7 Å². The molecular weight excluding hydrogens is 468 g/mol. The summed E-state index contributed by atoms with van der Waals surface area (Å²) in [6, 6.07) is 5.56. The van der Waals surface area contributed by atoms with Crippen LogP contribution in [-0.4, -0.2) is 30.8 Å². The molecule has 1 aliphatic carbocycles. The number of hydrogen-bond acceptors (Lipinski definition) is 6. The van der Waals surface area contributed by atoms with Crippen LogP contribution in [0.5, 0.6) is 0 Å². The summed E-state index contributed by atoms with van der Waals surface area (Å²) in [5.74, 6) is -1.38. The Hall–Kier alpha value is -3.50. The predicted octanol–water partition coefficient (Wildman–Crippen LogP) is 4.23. The van der Waals surface area contributed by atoms with Crippen molar-refractivity contribution >= 4 is 5.65 Å². The number of halogens is 2. The average molecular weight is 491 g/mol. The lowest BCUT2D eigenvalue weighted by atomic mass is 9.90. The van der Waals surface area contributed by atoms with Crippen molar-refractivity contribution in [2.45, 2.75) is 57.0 Å². The van der Waals surface area contributed by atoms with Gasteiger partial charge < -0.3 is 9.47 Å². The lowest BCUT2D eigenvalue weighted by molar-refractivity contribution is 0.00460. The highest BCUT2D eigenvalue weighted by Gasteiger charge is 2.31. The Balaban J connectivity index is 1.34. The van der Waals surface area contributed by atoms with E-state index in [0.29, 0.717) is 41.7 Å². The van der Waals surface area contributed by atoms with Crippen molar-refractivity contribution in [1.29, 1.82) is 0 Å². The molecule has 1 saturated carbocycles. The highest BCUT2D eigenvalue weighted by atomic mass is 19.1. The second-order valence-corrected chi connectivity index (χ2v) is 9.72. The van der Waals surface area contributed by atoms with Crippen molar-refractivity contribution in [2.24, 2.45) is 0 Å². The Morgan fingerprint density at radius 1 is 1.06 bits per heavy atom. The third kappa shape index (κ3) is 3.63. The number of ether oxygens (including phenoxy) is 2. The molecule has 4 aromatic rings. The van der Waals surface area contributed by atoms with Gasteiger partial charge in [0.15, 0.2) is 5.82 Å². The molecule has 0 N–H and O–H groups in total. The molecule has 0 amide bonds. The van der Waals surface area contributed by atoms with Gasteiger partial charge in [0, 0.05) is 42.1 Å². The standard InChI is InChI=1S/C26H23F2N5O3/c27-16-1-4-18(20(28)8-16)25-31-21(9-24-30-22-13-35-12-19(22)26(34)33(24)25)14-5-6-36-23(7-14)15-10-29-32(11-15)17-2-3-17/h1,4,8-11,14,17,23H,2-3,5-7,12-13H2. The second kappa shape index (κ2) is 8.28. The normalized spacial score (nSPS) is 21.7. The maximum absolute atomic E-state index is 14.9. The molecular formula is C26H23F2N5O3. The topological polar surface area (TPSA) is 83.5 Å². The van der Waals surface area contributed by atoms with Crippen LogP contribution >= 0.6 is 0 Å². The summed E-state index contributed by atoms with van der Waals surface area (Å²) in [6.45, 7) is 0.936. The van der Waals surface area contributed by atoms with Gasteiger partial charge in [0.2, 0.25) is 0 Å². The third-order valence-electron chi connectivity index (χ3n) is 7.29. The minimum atomic E-state index is -0.790. The van der Waals surface area contributed by atoms with Gasteiger partial charge >= 0.3 is 0 Å². The average Bonchev–Trinajstić information content (AvgIpc) is 3.41. The fourth-order valence-corrected chi connectivity index (χ4v) is 5.19. The van der Waals surface area contributed by atoms with Crippen LogP contribution in [0.15, 0.2) is 41.5 Å². The molecule has 2 aliphatic heterocycles. The Morgan fingerprint density at radius 3 is 2.78 bits per heavy atom. The lowest BCUT2D eigenvalue weighted by Gasteiger charge is -2.29. The number of fused-ring (bicyclic) bond motifs is 2. The van der Waals surface area contributed by atoms with E-state index in [-0.39, 0.29) is 42.2 Å². The molecule has 2 fully saturated rings. The van der Waals surface area contributed by atoms with Gasteiger partial charge in [-0.2, -0.15) is 5.10 Å². The van der Waals surface area contributed by atoms with E-state index in [1.165, 1.54) is 10.5 Å². The van der Waals surface area contributed by atoms with Crippen LogP contribution in [0.25, 0.3) is 17.0 Å². The molecule has 0 bridgehead atoms. The van der Waals surface area contributed by atoms with E-state index in [2.05, 4.69) is 16.3 Å². The Morgan fingerprint density at radius 2 is 1.94 bits per heavy atom. The minimum Gasteiger partial charge on any atom is -0.373 e. The molecule has 1 aromatic carbocycles. The molecule has 36 heavy (non-hydrogen) atoms. The van der Waals surface area contributed by atoms with Gasteiger partial charge in [-0.05, 0) is 37.8 Å². The van der Waals surface area contributed by atoms with E-state index >= 15 is 0 Å². The fraction of sp³-hybridized carbons (Fsp3) is 0.385. The molecule has 5 heterocycles. The Kier molecular flexibility index (Phi) is 5.00. The van der Waals surface area contributed by atoms with E-state index in [1.807, 2.05) is 10.9 Å². The first-order valence-corrected chi connectivity index (χ1v) is 12.2. The first kappa shape index (κ1) is 21.8. The molecule has 7 rings (SSSR count). The summed E-state index contributed by atoms with van der Waals surface area (Å²) < 4.78 is 43.4. The minimum absolute atomic E-state index is 0.00157. The molecule has 3 aromatic heterocycles. The van der Waals surface area contributed by atoms with Gasteiger partial charge in [0.25, 0.3) is 5.56 Å². The van der Waals surface area contributed by atoms with Crippen molar-refractivity contribution in [3.05, 3.63) is 81.2 Å². The highest BCUT2D eigenvalue weighted by molar-refractivity contribution is 5.61. The first-order chi connectivity index (χ1) is 17.5. The summed E-state index contributed by atoms with van der Waals surface area (Å²) in [4.78, 5) is 22.8. The predicted molar refractivity (Wildman–Crippen MR) is 124 cm³/mol. The number of benzene rings is 1. The Labute approximate surface area is 204 Å². The van der Waals surface area contributed by atoms with Crippen molar-refractivity contribution < 1.29 is 18.3 Å². The zero-order valence-corrected chi connectivity index (χ0v) is 19.4. The van der Waals surface area contributed by atoms with E-state index in [4.69, 9.17) is 14.5 Å². The van der Waals surface area contributed by atoms with Gasteiger partial charge in [-0.1, -0.05) is 0 Å². The molecule has 1 saturated heterocycles. The second-order valence-electron chi connectivity index (χ2n) is 9.72. The van der Waals surface area contributed by atoms with Crippen LogP contribution in [0.4, 0.5) is 8.78 Å². The van der Waals surface area contributed by atoms with Gasteiger partial charge in [-0.3, -0.25) is 9.48 Å². The van der Waals surface area contributed by atoms with Crippen molar-refractivity contribution in [3.63, 3.8) is 0 Å². The maximum Gasteiger partial charge on any atom is 0.265 e. The van der Waals surface area contributed by atoms with Crippen molar-refractivity contribution in [1.82, 2.24) is 24.1 Å². The molecule has 8 nitrogen and oxygen atoms in total. The van der Waals surface area contributed by atoms with E-state index in [1.54, 1.807) is 6.07 Å². The monoisotopic (exact) mass is 491 g/mol. The highest BCUT2D eigenvalue weighted by Crippen LogP contribution is 2.40. The van der Waals surface area contributed by atoms with Crippen molar-refractivity contribution in [2.75, 3.05) is 6.61 Å². The fourth-order valence-electron chi connectivity index (χ4n) is 5.19. The van der Waals surface area contributed by atoms with Gasteiger partial charge in [-0.15, -0.1) is 0 Å². The largest absolute Gasteiger partial charge is 0.373 e. The first-order valence-electron chi connectivity index (χ1n) is 12.2.